The van der Waals surface area contributed by atoms with Crippen molar-refractivity contribution in [2.75, 3.05) is 7.11 Å². The molecule has 1 aromatic heterocycles. The molecular formula is C20H17N4O. The summed E-state index contributed by atoms with van der Waals surface area (Å²) in [5, 5.41) is 0. The highest BCUT2D eigenvalue weighted by Crippen LogP contribution is 2.23. The average Bonchev–Trinajstić information content (AvgIpc) is 3.11. The Morgan fingerprint density at radius 1 is 1.00 bits per heavy atom. The minimum absolute atomic E-state index is 0. The van der Waals surface area contributed by atoms with Crippen LogP contribution in [-0.2, 0) is 0 Å². The second-order valence-electron chi connectivity index (χ2n) is 5.49. The van der Waals surface area contributed by atoms with E-state index in [1.165, 1.54) is 0 Å². The molecule has 0 atom stereocenters. The number of pyridine rings is 1. The normalized spacial score (nSPS) is 16.0. The van der Waals surface area contributed by atoms with Crippen LogP contribution in [0.15, 0.2) is 87.3 Å². The summed E-state index contributed by atoms with van der Waals surface area (Å²) in [6.45, 7) is 0. The Bertz CT molecular complexity index is 942. The van der Waals surface area contributed by atoms with Gasteiger partial charge in [-0.1, -0.05) is 0 Å². The quantitative estimate of drug-likeness (QED) is 0.804. The first-order valence-electron chi connectivity index (χ1n) is 7.85. The molecule has 1 aliphatic carbocycles. The van der Waals surface area contributed by atoms with Crippen molar-refractivity contribution in [3.8, 4) is 5.75 Å². The summed E-state index contributed by atoms with van der Waals surface area (Å²) < 4.78 is 5.16. The summed E-state index contributed by atoms with van der Waals surface area (Å²) >= 11 is 0. The van der Waals surface area contributed by atoms with Gasteiger partial charge >= 0.3 is 0 Å². The zero-order valence-electron chi connectivity index (χ0n) is 13.6. The predicted octanol–water partition coefficient (Wildman–Crippen LogP) is 3.64. The third-order valence-corrected chi connectivity index (χ3v) is 3.83. The molecule has 0 fully saturated rings. The number of hydrogen-bond donors (Lipinski definition) is 0. The fourth-order valence-electron chi connectivity index (χ4n) is 2.50. The molecular weight excluding hydrogens is 312 g/mol. The molecule has 1 radical (unpaired) electrons. The lowest BCUT2D eigenvalue weighted by atomic mass is 10.1. The van der Waals surface area contributed by atoms with Crippen molar-refractivity contribution in [2.24, 2.45) is 15.0 Å². The van der Waals surface area contributed by atoms with Crippen molar-refractivity contribution in [3.63, 3.8) is 0 Å². The number of allylic oxidation sites excluding steroid dienone is 4. The largest absolute Gasteiger partial charge is 0.497 e. The van der Waals surface area contributed by atoms with E-state index in [-0.39, 0.29) is 1.43 Å². The summed E-state index contributed by atoms with van der Waals surface area (Å²) in [6, 6.07) is 11.5. The lowest BCUT2D eigenvalue weighted by molar-refractivity contribution is 0.415. The number of fused-ring (bicyclic) bond motifs is 1. The van der Waals surface area contributed by atoms with Gasteiger partial charge in [-0.3, -0.25) is 9.98 Å². The minimum atomic E-state index is 0. The molecule has 0 bridgehead atoms. The number of ether oxygens (including phenoxy) is 1. The van der Waals surface area contributed by atoms with Crippen LogP contribution in [0, 0.1) is 6.42 Å². The molecule has 2 aliphatic rings. The molecule has 0 unspecified atom stereocenters. The summed E-state index contributed by atoms with van der Waals surface area (Å²) in [6.07, 6.45) is 11.1. The number of aromatic nitrogens is 1. The number of benzene rings is 1. The molecule has 1 aromatic carbocycles. The number of hydrogen-bond acceptors (Lipinski definition) is 5. The minimum Gasteiger partial charge on any atom is -0.497 e. The van der Waals surface area contributed by atoms with Crippen LogP contribution in [0.4, 0.5) is 0 Å². The molecule has 0 spiro atoms. The summed E-state index contributed by atoms with van der Waals surface area (Å²) in [7, 11) is 1.65. The van der Waals surface area contributed by atoms with Gasteiger partial charge in [-0.2, -0.15) is 0 Å². The van der Waals surface area contributed by atoms with Crippen LogP contribution in [0.1, 0.15) is 12.6 Å². The van der Waals surface area contributed by atoms with E-state index in [2.05, 4.69) is 20.0 Å². The van der Waals surface area contributed by atoms with Crippen molar-refractivity contribution >= 4 is 17.8 Å². The molecule has 0 saturated heterocycles. The molecule has 2 aromatic rings. The van der Waals surface area contributed by atoms with E-state index in [0.29, 0.717) is 5.84 Å². The molecule has 123 valence electrons. The van der Waals surface area contributed by atoms with E-state index in [1.54, 1.807) is 19.5 Å². The fraction of sp³-hybridized carbons (Fsp3) is 0.0500. The van der Waals surface area contributed by atoms with E-state index in [4.69, 9.17) is 4.74 Å². The van der Waals surface area contributed by atoms with Crippen molar-refractivity contribution in [1.82, 2.24) is 4.98 Å². The maximum atomic E-state index is 5.16. The highest BCUT2D eigenvalue weighted by Gasteiger charge is 2.21. The van der Waals surface area contributed by atoms with E-state index < -0.39 is 0 Å². The number of rotatable bonds is 4. The number of nitrogens with zero attached hydrogens (tertiary/aromatic N) is 4. The average molecular weight is 329 g/mol. The van der Waals surface area contributed by atoms with Gasteiger partial charge < -0.3 is 4.74 Å². The van der Waals surface area contributed by atoms with Crippen molar-refractivity contribution in [2.45, 2.75) is 0 Å². The third kappa shape index (κ3) is 3.30. The van der Waals surface area contributed by atoms with Crippen LogP contribution < -0.4 is 4.74 Å². The lowest BCUT2D eigenvalue weighted by Gasteiger charge is -2.06. The molecule has 1 aliphatic heterocycles. The molecule has 25 heavy (non-hydrogen) atoms. The zero-order valence-corrected chi connectivity index (χ0v) is 13.6. The SMILES string of the molecule is COc1ccc(C=NC2=CC=C3N=C(c4ccncc4)N=C3[CH]2)cc1.[HH]. The predicted molar refractivity (Wildman–Crippen MR) is 101 cm³/mol. The second-order valence-corrected chi connectivity index (χ2v) is 5.49. The van der Waals surface area contributed by atoms with Gasteiger partial charge in [0, 0.05) is 25.6 Å². The van der Waals surface area contributed by atoms with Crippen LogP contribution >= 0.6 is 0 Å². The number of amidine groups is 1. The Morgan fingerprint density at radius 3 is 2.56 bits per heavy atom. The smallest absolute Gasteiger partial charge is 0.160 e. The van der Waals surface area contributed by atoms with Gasteiger partial charge in [-0.05, 0) is 54.1 Å². The van der Waals surface area contributed by atoms with Gasteiger partial charge in [0.1, 0.15) is 5.75 Å². The monoisotopic (exact) mass is 329 g/mol. The Kier molecular flexibility index (Phi) is 4.04. The van der Waals surface area contributed by atoms with Gasteiger partial charge in [-0.15, -0.1) is 0 Å². The highest BCUT2D eigenvalue weighted by atomic mass is 16.5. The number of aliphatic imine (C=N–C) groups is 3. The highest BCUT2D eigenvalue weighted by molar-refractivity contribution is 6.22. The Labute approximate surface area is 147 Å². The zero-order chi connectivity index (χ0) is 17.1. The van der Waals surface area contributed by atoms with Crippen LogP contribution in [0.25, 0.3) is 0 Å². The van der Waals surface area contributed by atoms with E-state index in [1.807, 2.05) is 61.2 Å². The first kappa shape index (κ1) is 15.2. The lowest BCUT2D eigenvalue weighted by Crippen LogP contribution is -2.04. The maximum absolute atomic E-state index is 5.16. The first-order chi connectivity index (χ1) is 12.3. The van der Waals surface area contributed by atoms with E-state index in [9.17, 15) is 0 Å². The van der Waals surface area contributed by atoms with Gasteiger partial charge in [0.05, 0.1) is 30.6 Å². The fourth-order valence-corrected chi connectivity index (χ4v) is 2.50. The van der Waals surface area contributed by atoms with Crippen LogP contribution in [-0.4, -0.2) is 29.9 Å². The van der Waals surface area contributed by atoms with Crippen molar-refractivity contribution in [1.29, 1.82) is 0 Å². The number of methoxy groups -OCH3 is 1. The van der Waals surface area contributed by atoms with Crippen LogP contribution in [0.5, 0.6) is 5.75 Å². The van der Waals surface area contributed by atoms with Gasteiger partial charge in [0.2, 0.25) is 0 Å². The molecule has 4 rings (SSSR count). The van der Waals surface area contributed by atoms with Crippen molar-refractivity contribution < 1.29 is 6.16 Å². The van der Waals surface area contributed by atoms with E-state index in [0.717, 1.165) is 34.0 Å². The molecule has 0 saturated carbocycles. The third-order valence-electron chi connectivity index (χ3n) is 3.83. The van der Waals surface area contributed by atoms with Crippen molar-refractivity contribution in [3.05, 3.63) is 89.9 Å². The van der Waals surface area contributed by atoms with E-state index >= 15 is 0 Å². The van der Waals surface area contributed by atoms with Gasteiger partial charge in [-0.25, -0.2) is 9.98 Å². The molecule has 2 heterocycles. The summed E-state index contributed by atoms with van der Waals surface area (Å²) in [5.74, 6) is 1.53. The molecule has 0 N–H and O–H groups in total. The summed E-state index contributed by atoms with van der Waals surface area (Å²) in [4.78, 5) is 17.7. The Hall–Kier alpha value is -3.34. The van der Waals surface area contributed by atoms with Crippen LogP contribution in [0.3, 0.4) is 0 Å². The molecule has 5 nitrogen and oxygen atoms in total. The molecule has 0 amide bonds. The maximum Gasteiger partial charge on any atom is 0.160 e. The second kappa shape index (κ2) is 6.65. The van der Waals surface area contributed by atoms with Gasteiger partial charge in [0.15, 0.2) is 5.84 Å². The first-order valence-corrected chi connectivity index (χ1v) is 7.85. The van der Waals surface area contributed by atoms with Gasteiger partial charge in [0.25, 0.3) is 0 Å². The summed E-state index contributed by atoms with van der Waals surface area (Å²) in [5.41, 5.74) is 4.48. The topological polar surface area (TPSA) is 59.2 Å². The van der Waals surface area contributed by atoms with Crippen LogP contribution in [0.2, 0.25) is 0 Å². The Balaban J connectivity index is 0.00000196. The standard InChI is InChI=1S/C20H15N4O.H2/c1-25-17-5-2-14(3-6-17)13-22-16-4-7-18-19(12-16)24-20(23-18)15-8-10-21-11-9-15;/h2-13H,1H3;1H. The molecule has 5 heteroatoms. The Morgan fingerprint density at radius 2 is 1.80 bits per heavy atom.